The lowest BCUT2D eigenvalue weighted by molar-refractivity contribution is 0.105. The first-order valence-corrected chi connectivity index (χ1v) is 4.47. The van der Waals surface area contributed by atoms with Crippen LogP contribution in [-0.2, 0) is 4.74 Å². The quantitative estimate of drug-likeness (QED) is 0.667. The standard InChI is InChI=1S/C9H16N2O/c1-3-12-7-9(2,6-10)11-8-4-5-8/h8,11H,3-5,7H2,1-2H3. The summed E-state index contributed by atoms with van der Waals surface area (Å²) in [6.07, 6.45) is 2.40. The highest BCUT2D eigenvalue weighted by Gasteiger charge is 2.32. The molecule has 0 heterocycles. The second-order valence-corrected chi connectivity index (χ2v) is 3.50. The molecule has 0 aromatic rings. The van der Waals surface area contributed by atoms with Crippen molar-refractivity contribution < 1.29 is 4.74 Å². The van der Waals surface area contributed by atoms with Gasteiger partial charge in [-0.15, -0.1) is 0 Å². The summed E-state index contributed by atoms with van der Waals surface area (Å²) in [4.78, 5) is 0. The molecule has 12 heavy (non-hydrogen) atoms. The maximum absolute atomic E-state index is 8.90. The van der Waals surface area contributed by atoms with E-state index in [0.29, 0.717) is 19.3 Å². The van der Waals surface area contributed by atoms with Gasteiger partial charge in [-0.25, -0.2) is 0 Å². The van der Waals surface area contributed by atoms with Gasteiger partial charge in [-0.1, -0.05) is 0 Å². The highest BCUT2D eigenvalue weighted by atomic mass is 16.5. The predicted molar refractivity (Wildman–Crippen MR) is 46.7 cm³/mol. The lowest BCUT2D eigenvalue weighted by Gasteiger charge is -2.22. The molecule has 0 spiro atoms. The number of nitriles is 1. The van der Waals surface area contributed by atoms with E-state index in [0.717, 1.165) is 0 Å². The van der Waals surface area contributed by atoms with Crippen LogP contribution in [0.1, 0.15) is 26.7 Å². The molecule has 0 aromatic heterocycles. The SMILES string of the molecule is CCOCC(C)(C#N)NC1CC1. The van der Waals surface area contributed by atoms with Crippen molar-refractivity contribution in [2.45, 2.75) is 38.3 Å². The van der Waals surface area contributed by atoms with Gasteiger partial charge in [0.05, 0.1) is 12.7 Å². The third-order valence-corrected chi connectivity index (χ3v) is 1.94. The van der Waals surface area contributed by atoms with Crippen molar-refractivity contribution in [2.75, 3.05) is 13.2 Å². The molecule has 0 saturated heterocycles. The Labute approximate surface area is 73.7 Å². The van der Waals surface area contributed by atoms with Crippen molar-refractivity contribution in [3.8, 4) is 6.07 Å². The van der Waals surface area contributed by atoms with E-state index in [-0.39, 0.29) is 0 Å². The summed E-state index contributed by atoms with van der Waals surface area (Å²) >= 11 is 0. The highest BCUT2D eigenvalue weighted by molar-refractivity contribution is 5.07. The van der Waals surface area contributed by atoms with Crippen molar-refractivity contribution >= 4 is 0 Å². The van der Waals surface area contributed by atoms with Gasteiger partial charge in [-0.05, 0) is 26.7 Å². The fraction of sp³-hybridized carbons (Fsp3) is 0.889. The summed E-state index contributed by atoms with van der Waals surface area (Å²) in [6.45, 7) is 4.98. The lowest BCUT2D eigenvalue weighted by atomic mass is 10.1. The Hall–Kier alpha value is -0.590. The Morgan fingerprint density at radius 2 is 2.33 bits per heavy atom. The molecule has 0 aromatic carbocycles. The van der Waals surface area contributed by atoms with Gasteiger partial charge in [0.15, 0.2) is 0 Å². The minimum Gasteiger partial charge on any atom is -0.379 e. The van der Waals surface area contributed by atoms with Crippen LogP contribution in [0.4, 0.5) is 0 Å². The van der Waals surface area contributed by atoms with Crippen LogP contribution in [0.2, 0.25) is 0 Å². The Balaban J connectivity index is 2.32. The van der Waals surface area contributed by atoms with E-state index in [1.165, 1.54) is 12.8 Å². The maximum Gasteiger partial charge on any atom is 0.127 e. The van der Waals surface area contributed by atoms with E-state index in [9.17, 15) is 0 Å². The number of hydrogen-bond donors (Lipinski definition) is 1. The van der Waals surface area contributed by atoms with Crippen LogP contribution in [-0.4, -0.2) is 24.8 Å². The monoisotopic (exact) mass is 168 g/mol. The summed E-state index contributed by atoms with van der Waals surface area (Å²) < 4.78 is 5.23. The third-order valence-electron chi connectivity index (χ3n) is 1.94. The van der Waals surface area contributed by atoms with Gasteiger partial charge in [0.2, 0.25) is 0 Å². The van der Waals surface area contributed by atoms with Crippen LogP contribution in [0.25, 0.3) is 0 Å². The smallest absolute Gasteiger partial charge is 0.127 e. The number of nitrogens with zero attached hydrogens (tertiary/aromatic N) is 1. The van der Waals surface area contributed by atoms with E-state index in [1.807, 2.05) is 13.8 Å². The average Bonchev–Trinajstić information content (AvgIpc) is 2.85. The van der Waals surface area contributed by atoms with Gasteiger partial charge in [-0.2, -0.15) is 5.26 Å². The van der Waals surface area contributed by atoms with Gasteiger partial charge >= 0.3 is 0 Å². The number of nitrogens with one attached hydrogen (secondary N) is 1. The van der Waals surface area contributed by atoms with Crippen LogP contribution in [0, 0.1) is 11.3 Å². The zero-order valence-corrected chi connectivity index (χ0v) is 7.76. The van der Waals surface area contributed by atoms with Gasteiger partial charge in [0.1, 0.15) is 5.54 Å². The Morgan fingerprint density at radius 3 is 2.75 bits per heavy atom. The molecule has 68 valence electrons. The molecule has 0 radical (unpaired) electrons. The summed E-state index contributed by atoms with van der Waals surface area (Å²) in [5.74, 6) is 0. The van der Waals surface area contributed by atoms with E-state index < -0.39 is 5.54 Å². The van der Waals surface area contributed by atoms with Crippen molar-refractivity contribution in [1.82, 2.24) is 5.32 Å². The predicted octanol–water partition coefficient (Wildman–Crippen LogP) is 1.06. The Bertz CT molecular complexity index is 183. The van der Waals surface area contributed by atoms with Crippen LogP contribution >= 0.6 is 0 Å². The van der Waals surface area contributed by atoms with Crippen molar-refractivity contribution in [1.29, 1.82) is 5.26 Å². The Kier molecular flexibility index (Phi) is 3.07. The molecule has 1 aliphatic rings. The molecule has 1 unspecified atom stereocenters. The van der Waals surface area contributed by atoms with E-state index in [4.69, 9.17) is 10.00 Å². The topological polar surface area (TPSA) is 45.0 Å². The van der Waals surface area contributed by atoms with Crippen LogP contribution in [0.5, 0.6) is 0 Å². The summed E-state index contributed by atoms with van der Waals surface area (Å²) in [6, 6.07) is 2.80. The molecule has 0 amide bonds. The summed E-state index contributed by atoms with van der Waals surface area (Å²) in [7, 11) is 0. The second-order valence-electron chi connectivity index (χ2n) is 3.50. The van der Waals surface area contributed by atoms with E-state index in [2.05, 4.69) is 11.4 Å². The molecular weight excluding hydrogens is 152 g/mol. The molecule has 1 aliphatic carbocycles. The summed E-state index contributed by atoms with van der Waals surface area (Å²) in [5.41, 5.74) is -0.489. The zero-order valence-electron chi connectivity index (χ0n) is 7.76. The van der Waals surface area contributed by atoms with Gasteiger partial charge in [0, 0.05) is 12.6 Å². The molecule has 0 bridgehead atoms. The molecule has 1 fully saturated rings. The van der Waals surface area contributed by atoms with Gasteiger partial charge < -0.3 is 4.74 Å². The molecule has 3 heteroatoms. The first-order valence-electron chi connectivity index (χ1n) is 4.47. The third kappa shape index (κ3) is 2.80. The van der Waals surface area contributed by atoms with E-state index in [1.54, 1.807) is 0 Å². The zero-order chi connectivity index (χ0) is 9.03. The number of ether oxygens (including phenoxy) is 1. The number of rotatable bonds is 5. The average molecular weight is 168 g/mol. The van der Waals surface area contributed by atoms with Gasteiger partial charge in [0.25, 0.3) is 0 Å². The van der Waals surface area contributed by atoms with Crippen molar-refractivity contribution in [3.63, 3.8) is 0 Å². The maximum atomic E-state index is 8.90. The first kappa shape index (κ1) is 9.50. The minimum atomic E-state index is -0.489. The molecular formula is C9H16N2O. The fourth-order valence-corrected chi connectivity index (χ4v) is 1.09. The minimum absolute atomic E-state index is 0.483. The molecule has 1 rings (SSSR count). The van der Waals surface area contributed by atoms with E-state index >= 15 is 0 Å². The number of hydrogen-bond acceptors (Lipinski definition) is 3. The van der Waals surface area contributed by atoms with Crippen molar-refractivity contribution in [2.24, 2.45) is 0 Å². The largest absolute Gasteiger partial charge is 0.379 e. The normalized spacial score (nSPS) is 21.4. The van der Waals surface area contributed by atoms with Crippen LogP contribution < -0.4 is 5.32 Å². The molecule has 3 nitrogen and oxygen atoms in total. The van der Waals surface area contributed by atoms with Crippen LogP contribution in [0.15, 0.2) is 0 Å². The lowest BCUT2D eigenvalue weighted by Crippen LogP contribution is -2.46. The molecule has 1 atom stereocenters. The van der Waals surface area contributed by atoms with Crippen molar-refractivity contribution in [3.05, 3.63) is 0 Å². The highest BCUT2D eigenvalue weighted by Crippen LogP contribution is 2.22. The second kappa shape index (κ2) is 3.88. The fourth-order valence-electron chi connectivity index (χ4n) is 1.09. The molecule has 0 aliphatic heterocycles. The van der Waals surface area contributed by atoms with Crippen LogP contribution in [0.3, 0.4) is 0 Å². The first-order chi connectivity index (χ1) is 5.70. The Morgan fingerprint density at radius 1 is 1.67 bits per heavy atom. The molecule has 1 saturated carbocycles. The summed E-state index contributed by atoms with van der Waals surface area (Å²) in [5, 5.41) is 12.2. The molecule has 1 N–H and O–H groups in total. The van der Waals surface area contributed by atoms with Gasteiger partial charge in [-0.3, -0.25) is 5.32 Å².